The maximum Gasteiger partial charge on any atom is 0.251 e. The van der Waals surface area contributed by atoms with Crippen LogP contribution in [0.1, 0.15) is 27.3 Å². The van der Waals surface area contributed by atoms with Gasteiger partial charge < -0.3 is 19.4 Å². The molecule has 9 heteroatoms. The van der Waals surface area contributed by atoms with Crippen LogP contribution in [0.4, 0.5) is 0 Å². The molecule has 0 spiro atoms. The van der Waals surface area contributed by atoms with Crippen molar-refractivity contribution in [1.82, 2.24) is 25.1 Å². The number of fused-ring (bicyclic) bond motifs is 1. The second-order valence-electron chi connectivity index (χ2n) is 7.37. The first-order chi connectivity index (χ1) is 16.3. The van der Waals surface area contributed by atoms with Gasteiger partial charge in [-0.25, -0.2) is 0 Å². The fraction of sp³-hybridized carbons (Fsp3) is 0.167. The van der Waals surface area contributed by atoms with Crippen molar-refractivity contribution in [2.75, 3.05) is 6.79 Å². The highest BCUT2D eigenvalue weighted by molar-refractivity contribution is 7.98. The van der Waals surface area contributed by atoms with Crippen LogP contribution in [0.15, 0.2) is 78.2 Å². The molecule has 0 atom stereocenters. The smallest absolute Gasteiger partial charge is 0.251 e. The highest BCUT2D eigenvalue weighted by Crippen LogP contribution is 2.32. The summed E-state index contributed by atoms with van der Waals surface area (Å²) >= 11 is 1.60. The molecule has 0 bridgehead atoms. The third-order valence-corrected chi connectivity index (χ3v) is 6.17. The van der Waals surface area contributed by atoms with Gasteiger partial charge in [-0.15, -0.1) is 10.2 Å². The van der Waals surface area contributed by atoms with Crippen molar-refractivity contribution in [2.24, 2.45) is 0 Å². The summed E-state index contributed by atoms with van der Waals surface area (Å²) in [5, 5.41) is 12.5. The highest BCUT2D eigenvalue weighted by atomic mass is 32.2. The summed E-state index contributed by atoms with van der Waals surface area (Å²) < 4.78 is 12.7. The van der Waals surface area contributed by atoms with Crippen LogP contribution in [-0.2, 0) is 18.8 Å². The van der Waals surface area contributed by atoms with Crippen LogP contribution in [0.2, 0.25) is 0 Å². The quantitative estimate of drug-likeness (QED) is 0.402. The van der Waals surface area contributed by atoms with Crippen LogP contribution in [0.25, 0.3) is 0 Å². The lowest BCUT2D eigenvalue weighted by Gasteiger charge is -2.11. The average molecular weight is 460 g/mol. The normalized spacial score (nSPS) is 12.0. The van der Waals surface area contributed by atoms with Gasteiger partial charge in [0.25, 0.3) is 5.91 Å². The Bertz CT molecular complexity index is 1250. The Hall–Kier alpha value is -3.85. The SMILES string of the molecule is O=C(NCc1nnc(SCc2ccncc2)n1Cc1ccccc1)c1ccc2c(c1)OCO2. The minimum absolute atomic E-state index is 0.170. The molecule has 1 N–H and O–H groups in total. The van der Waals surface area contributed by atoms with E-state index < -0.39 is 0 Å². The van der Waals surface area contributed by atoms with Gasteiger partial charge in [-0.3, -0.25) is 9.78 Å². The Morgan fingerprint density at radius 1 is 0.970 bits per heavy atom. The molecule has 33 heavy (non-hydrogen) atoms. The number of ether oxygens (including phenoxy) is 2. The number of carbonyl (C=O) groups excluding carboxylic acids is 1. The van der Waals surface area contributed by atoms with Crippen LogP contribution < -0.4 is 14.8 Å². The minimum Gasteiger partial charge on any atom is -0.454 e. The first-order valence-corrected chi connectivity index (χ1v) is 11.4. The van der Waals surface area contributed by atoms with Crippen LogP contribution in [0.5, 0.6) is 11.5 Å². The molecular formula is C24H21N5O3S. The largest absolute Gasteiger partial charge is 0.454 e. The fourth-order valence-electron chi connectivity index (χ4n) is 3.41. The van der Waals surface area contributed by atoms with Crippen LogP contribution in [0, 0.1) is 0 Å². The summed E-state index contributed by atoms with van der Waals surface area (Å²) in [6.07, 6.45) is 3.56. The topological polar surface area (TPSA) is 91.2 Å². The Morgan fingerprint density at radius 2 is 1.79 bits per heavy atom. The lowest BCUT2D eigenvalue weighted by molar-refractivity contribution is 0.0949. The molecule has 3 heterocycles. The second-order valence-corrected chi connectivity index (χ2v) is 8.31. The predicted molar refractivity (Wildman–Crippen MR) is 123 cm³/mol. The molecule has 0 unspecified atom stereocenters. The summed E-state index contributed by atoms with van der Waals surface area (Å²) in [6.45, 7) is 1.04. The Kier molecular flexibility index (Phi) is 6.21. The molecule has 166 valence electrons. The minimum atomic E-state index is -0.214. The van der Waals surface area contributed by atoms with Crippen molar-refractivity contribution in [3.8, 4) is 11.5 Å². The molecule has 1 amide bonds. The van der Waals surface area contributed by atoms with Crippen molar-refractivity contribution in [2.45, 2.75) is 24.0 Å². The second kappa shape index (κ2) is 9.74. The van der Waals surface area contributed by atoms with Crippen LogP contribution in [-0.4, -0.2) is 32.4 Å². The van der Waals surface area contributed by atoms with Crippen molar-refractivity contribution in [1.29, 1.82) is 0 Å². The predicted octanol–water partition coefficient (Wildman–Crippen LogP) is 3.67. The number of benzene rings is 2. The van der Waals surface area contributed by atoms with E-state index in [0.29, 0.717) is 29.4 Å². The number of thioether (sulfide) groups is 1. The third-order valence-electron chi connectivity index (χ3n) is 5.14. The zero-order chi connectivity index (χ0) is 22.5. The van der Waals surface area contributed by atoms with Gasteiger partial charge in [-0.05, 0) is 41.5 Å². The molecule has 0 saturated carbocycles. The number of nitrogens with one attached hydrogen (secondary N) is 1. The number of amides is 1. The molecule has 1 aliphatic rings. The van der Waals surface area contributed by atoms with Gasteiger partial charge in [0, 0.05) is 23.7 Å². The molecule has 0 saturated heterocycles. The molecular weight excluding hydrogens is 438 g/mol. The standard InChI is InChI=1S/C24H21N5O3S/c30-23(19-6-7-20-21(12-19)32-16-31-20)26-13-22-27-28-24(33-15-18-8-10-25-11-9-18)29(22)14-17-4-2-1-3-5-17/h1-12H,13-16H2,(H,26,30). The number of hydrogen-bond acceptors (Lipinski definition) is 7. The van der Waals surface area contributed by atoms with Crippen molar-refractivity contribution in [3.63, 3.8) is 0 Å². The van der Waals surface area contributed by atoms with Gasteiger partial charge in [-0.1, -0.05) is 42.1 Å². The zero-order valence-corrected chi connectivity index (χ0v) is 18.5. The van der Waals surface area contributed by atoms with Gasteiger partial charge in [0.2, 0.25) is 6.79 Å². The molecule has 0 radical (unpaired) electrons. The summed E-state index contributed by atoms with van der Waals surface area (Å²) in [5.41, 5.74) is 2.79. The zero-order valence-electron chi connectivity index (χ0n) is 17.7. The van der Waals surface area contributed by atoms with Gasteiger partial charge in [-0.2, -0.15) is 0 Å². The number of carbonyl (C=O) groups is 1. The number of nitrogens with zero attached hydrogens (tertiary/aromatic N) is 4. The molecule has 2 aromatic carbocycles. The molecule has 8 nitrogen and oxygen atoms in total. The van der Waals surface area contributed by atoms with Crippen molar-refractivity contribution in [3.05, 3.63) is 95.6 Å². The van der Waals surface area contributed by atoms with Gasteiger partial charge in [0.1, 0.15) is 0 Å². The van der Waals surface area contributed by atoms with Gasteiger partial charge in [0.05, 0.1) is 13.1 Å². The van der Waals surface area contributed by atoms with Crippen LogP contribution >= 0.6 is 11.8 Å². The van der Waals surface area contributed by atoms with Crippen LogP contribution in [0.3, 0.4) is 0 Å². The summed E-state index contributed by atoms with van der Waals surface area (Å²) in [6, 6.07) is 19.2. The lowest BCUT2D eigenvalue weighted by atomic mass is 10.2. The number of pyridine rings is 1. The molecule has 5 rings (SSSR count). The molecule has 0 fully saturated rings. The first-order valence-electron chi connectivity index (χ1n) is 10.4. The highest BCUT2D eigenvalue weighted by Gasteiger charge is 2.18. The number of rotatable bonds is 8. The van der Waals surface area contributed by atoms with E-state index in [2.05, 4.69) is 32.6 Å². The molecule has 2 aromatic heterocycles. The van der Waals surface area contributed by atoms with Gasteiger partial charge in [0.15, 0.2) is 22.5 Å². The molecule has 0 aliphatic carbocycles. The first kappa shape index (κ1) is 21.0. The van der Waals surface area contributed by atoms with E-state index >= 15 is 0 Å². The summed E-state index contributed by atoms with van der Waals surface area (Å²) in [7, 11) is 0. The average Bonchev–Trinajstić information content (AvgIpc) is 3.49. The molecule has 4 aromatic rings. The Labute approximate surface area is 195 Å². The maximum absolute atomic E-state index is 12.7. The lowest BCUT2D eigenvalue weighted by Crippen LogP contribution is -2.25. The molecule has 1 aliphatic heterocycles. The van der Waals surface area contributed by atoms with Gasteiger partial charge >= 0.3 is 0 Å². The monoisotopic (exact) mass is 459 g/mol. The van der Waals surface area contributed by atoms with E-state index in [1.54, 1.807) is 42.4 Å². The Balaban J connectivity index is 1.32. The van der Waals surface area contributed by atoms with Crippen molar-refractivity contribution < 1.29 is 14.3 Å². The number of aromatic nitrogens is 4. The van der Waals surface area contributed by atoms with E-state index in [-0.39, 0.29) is 19.2 Å². The van der Waals surface area contributed by atoms with E-state index in [4.69, 9.17) is 9.47 Å². The van der Waals surface area contributed by atoms with E-state index in [1.165, 1.54) is 0 Å². The Morgan fingerprint density at radius 3 is 2.64 bits per heavy atom. The number of hydrogen-bond donors (Lipinski definition) is 1. The summed E-state index contributed by atoms with van der Waals surface area (Å²) in [5.74, 6) is 2.44. The third kappa shape index (κ3) is 4.98. The summed E-state index contributed by atoms with van der Waals surface area (Å²) in [4.78, 5) is 16.8. The van der Waals surface area contributed by atoms with E-state index in [1.807, 2.05) is 34.9 Å². The van der Waals surface area contributed by atoms with Crippen molar-refractivity contribution >= 4 is 17.7 Å². The maximum atomic E-state index is 12.7. The van der Waals surface area contributed by atoms with E-state index in [0.717, 1.165) is 22.0 Å². The fourth-order valence-corrected chi connectivity index (χ4v) is 4.32. The van der Waals surface area contributed by atoms with E-state index in [9.17, 15) is 4.79 Å².